The molecule has 0 bridgehead atoms. The normalized spacial score (nSPS) is 19.4. The van der Waals surface area contributed by atoms with E-state index < -0.39 is 10.0 Å². The summed E-state index contributed by atoms with van der Waals surface area (Å²) in [6.45, 7) is 6.83. The van der Waals surface area contributed by atoms with Crippen LogP contribution in [0.15, 0.2) is 23.1 Å². The van der Waals surface area contributed by atoms with Crippen molar-refractivity contribution in [3.8, 4) is 0 Å². The molecule has 4 nitrogen and oxygen atoms in total. The van der Waals surface area contributed by atoms with Gasteiger partial charge in [-0.05, 0) is 49.9 Å². The molecule has 6 heteroatoms. The maximum Gasteiger partial charge on any atom is 0.243 e. The minimum Gasteiger partial charge on any atom is -0.393 e. The van der Waals surface area contributed by atoms with Crippen LogP contribution in [-0.4, -0.2) is 30.8 Å². The van der Waals surface area contributed by atoms with Crippen LogP contribution in [0.3, 0.4) is 0 Å². The lowest BCUT2D eigenvalue weighted by Gasteiger charge is -2.38. The van der Waals surface area contributed by atoms with Gasteiger partial charge in [-0.25, -0.2) is 8.42 Å². The first-order valence-corrected chi connectivity index (χ1v) is 8.89. The van der Waals surface area contributed by atoms with Gasteiger partial charge in [0.2, 0.25) is 10.0 Å². The van der Waals surface area contributed by atoms with Crippen LogP contribution in [0.4, 0.5) is 0 Å². The molecule has 0 spiro atoms. The monoisotopic (exact) mass is 326 g/mol. The fourth-order valence-electron chi connectivity index (χ4n) is 2.49. The molecule has 0 atom stereocenters. The second kappa shape index (κ2) is 5.66. The Kier molecular flexibility index (Phi) is 4.42. The van der Waals surface area contributed by atoms with Crippen molar-refractivity contribution in [1.29, 1.82) is 0 Å². The van der Waals surface area contributed by atoms with E-state index in [1.807, 2.05) is 26.8 Å². The summed E-state index contributed by atoms with van der Waals surface area (Å²) in [6.07, 6.45) is 1.35. The standard InChI is InChI=1S/C15H22N2O2S2/c1-11-4-5-13(10-12(11)2)21(18,19)17-8-6-15(3,7-9-17)14(16)20/h4-5,10H,6-9H2,1-3H3,(H2,16,20). The van der Waals surface area contributed by atoms with Gasteiger partial charge in [0.1, 0.15) is 0 Å². The predicted molar refractivity (Wildman–Crippen MR) is 88.8 cm³/mol. The van der Waals surface area contributed by atoms with Gasteiger partial charge < -0.3 is 5.73 Å². The molecule has 21 heavy (non-hydrogen) atoms. The Morgan fingerprint density at radius 3 is 2.29 bits per heavy atom. The van der Waals surface area contributed by atoms with E-state index in [4.69, 9.17) is 18.0 Å². The highest BCUT2D eigenvalue weighted by molar-refractivity contribution is 7.89. The second-order valence-electron chi connectivity index (χ2n) is 6.08. The zero-order chi connectivity index (χ0) is 15.8. The molecule has 0 aromatic heterocycles. The van der Waals surface area contributed by atoms with E-state index in [0.29, 0.717) is 35.8 Å². The number of nitrogens with zero attached hydrogens (tertiary/aromatic N) is 1. The number of piperidine rings is 1. The Balaban J connectivity index is 2.22. The molecule has 1 aliphatic heterocycles. The minimum atomic E-state index is -3.43. The quantitative estimate of drug-likeness (QED) is 0.866. The third-order valence-electron chi connectivity index (χ3n) is 4.54. The minimum absolute atomic E-state index is 0.232. The van der Waals surface area contributed by atoms with Crippen molar-refractivity contribution in [2.75, 3.05) is 13.1 Å². The van der Waals surface area contributed by atoms with Crippen LogP contribution < -0.4 is 5.73 Å². The number of hydrogen-bond acceptors (Lipinski definition) is 3. The molecule has 1 fully saturated rings. The van der Waals surface area contributed by atoms with Crippen LogP contribution >= 0.6 is 12.2 Å². The zero-order valence-corrected chi connectivity index (χ0v) is 14.4. The summed E-state index contributed by atoms with van der Waals surface area (Å²) in [5, 5.41) is 0. The van der Waals surface area contributed by atoms with Gasteiger partial charge in [-0.1, -0.05) is 25.2 Å². The molecular weight excluding hydrogens is 304 g/mol. The summed E-state index contributed by atoms with van der Waals surface area (Å²) in [7, 11) is -3.43. The highest BCUT2D eigenvalue weighted by Crippen LogP contribution is 2.33. The average Bonchev–Trinajstić information content (AvgIpc) is 2.42. The summed E-state index contributed by atoms with van der Waals surface area (Å²) >= 11 is 5.10. The van der Waals surface area contributed by atoms with E-state index >= 15 is 0 Å². The molecule has 2 N–H and O–H groups in total. The van der Waals surface area contributed by atoms with E-state index in [9.17, 15) is 8.42 Å². The number of nitrogens with two attached hydrogens (primary N) is 1. The van der Waals surface area contributed by atoms with Crippen molar-refractivity contribution in [3.63, 3.8) is 0 Å². The number of benzene rings is 1. The summed E-state index contributed by atoms with van der Waals surface area (Å²) in [6, 6.07) is 5.27. The first-order valence-electron chi connectivity index (χ1n) is 7.04. The van der Waals surface area contributed by atoms with Gasteiger partial charge >= 0.3 is 0 Å². The van der Waals surface area contributed by atoms with Gasteiger partial charge in [-0.3, -0.25) is 0 Å². The highest BCUT2D eigenvalue weighted by atomic mass is 32.2. The molecule has 0 saturated carbocycles. The maximum atomic E-state index is 12.7. The topological polar surface area (TPSA) is 63.4 Å². The van der Waals surface area contributed by atoms with E-state index in [2.05, 4.69) is 0 Å². The lowest BCUT2D eigenvalue weighted by atomic mass is 9.81. The number of hydrogen-bond donors (Lipinski definition) is 1. The lowest BCUT2D eigenvalue weighted by Crippen LogP contribution is -2.46. The van der Waals surface area contributed by atoms with Gasteiger partial charge in [0.25, 0.3) is 0 Å². The third-order valence-corrected chi connectivity index (χ3v) is 6.92. The zero-order valence-electron chi connectivity index (χ0n) is 12.7. The SMILES string of the molecule is Cc1ccc(S(=O)(=O)N2CCC(C)(C(N)=S)CC2)cc1C. The Bertz CT molecular complexity index is 660. The second-order valence-corrected chi connectivity index (χ2v) is 8.45. The summed E-state index contributed by atoms with van der Waals surface area (Å²) < 4.78 is 26.9. The van der Waals surface area contributed by atoms with Crippen molar-refractivity contribution < 1.29 is 8.42 Å². The average molecular weight is 326 g/mol. The van der Waals surface area contributed by atoms with Crippen molar-refractivity contribution in [3.05, 3.63) is 29.3 Å². The molecule has 1 aromatic carbocycles. The molecule has 0 amide bonds. The molecule has 0 aliphatic carbocycles. The molecule has 0 radical (unpaired) electrons. The van der Waals surface area contributed by atoms with Gasteiger partial charge in [-0.15, -0.1) is 0 Å². The van der Waals surface area contributed by atoms with Gasteiger partial charge in [-0.2, -0.15) is 4.31 Å². The molecule has 0 unspecified atom stereocenters. The van der Waals surface area contributed by atoms with E-state index in [1.54, 1.807) is 12.1 Å². The summed E-state index contributed by atoms with van der Waals surface area (Å²) in [4.78, 5) is 0.843. The van der Waals surface area contributed by atoms with E-state index in [1.165, 1.54) is 4.31 Å². The Labute approximate surface area is 132 Å². The molecule has 2 rings (SSSR count). The molecule has 1 heterocycles. The maximum absolute atomic E-state index is 12.7. The third kappa shape index (κ3) is 3.12. The van der Waals surface area contributed by atoms with Crippen molar-refractivity contribution >= 4 is 27.2 Å². The fraction of sp³-hybridized carbons (Fsp3) is 0.533. The van der Waals surface area contributed by atoms with Crippen molar-refractivity contribution in [2.24, 2.45) is 11.1 Å². The number of rotatable bonds is 3. The molecule has 1 aliphatic rings. The predicted octanol–water partition coefficient (Wildman–Crippen LogP) is 2.38. The van der Waals surface area contributed by atoms with Crippen LogP contribution in [0.25, 0.3) is 0 Å². The van der Waals surface area contributed by atoms with E-state index in [0.717, 1.165) is 11.1 Å². The van der Waals surface area contributed by atoms with Crippen LogP contribution in [0.1, 0.15) is 30.9 Å². The van der Waals surface area contributed by atoms with Crippen LogP contribution in [0, 0.1) is 19.3 Å². The van der Waals surface area contributed by atoms with Crippen molar-refractivity contribution in [1.82, 2.24) is 4.31 Å². The Morgan fingerprint density at radius 2 is 1.81 bits per heavy atom. The largest absolute Gasteiger partial charge is 0.393 e. The molecule has 1 saturated heterocycles. The summed E-state index contributed by atoms with van der Waals surface area (Å²) in [5.41, 5.74) is 7.61. The molecule has 1 aromatic rings. The molecular formula is C15H22N2O2S2. The van der Waals surface area contributed by atoms with Crippen LogP contribution in [0.5, 0.6) is 0 Å². The number of aryl methyl sites for hydroxylation is 2. The molecule has 116 valence electrons. The first-order chi connectivity index (χ1) is 9.67. The summed E-state index contributed by atoms with van der Waals surface area (Å²) in [5.74, 6) is 0. The number of thiocarbonyl (C=S) groups is 1. The van der Waals surface area contributed by atoms with Gasteiger partial charge in [0, 0.05) is 18.5 Å². The van der Waals surface area contributed by atoms with Crippen LogP contribution in [-0.2, 0) is 10.0 Å². The van der Waals surface area contributed by atoms with Crippen LogP contribution in [0.2, 0.25) is 0 Å². The van der Waals surface area contributed by atoms with Gasteiger partial charge in [0.15, 0.2) is 0 Å². The Hall–Kier alpha value is -0.980. The van der Waals surface area contributed by atoms with Gasteiger partial charge in [0.05, 0.1) is 9.88 Å². The number of sulfonamides is 1. The smallest absolute Gasteiger partial charge is 0.243 e. The highest BCUT2D eigenvalue weighted by Gasteiger charge is 2.37. The fourth-order valence-corrected chi connectivity index (χ4v) is 4.22. The lowest BCUT2D eigenvalue weighted by molar-refractivity contribution is 0.244. The first kappa shape index (κ1) is 16.4. The Morgan fingerprint density at radius 1 is 1.24 bits per heavy atom. The van der Waals surface area contributed by atoms with Crippen molar-refractivity contribution in [2.45, 2.75) is 38.5 Å². The van der Waals surface area contributed by atoms with E-state index in [-0.39, 0.29) is 5.41 Å².